The Kier molecular flexibility index (Phi) is 13.2. The van der Waals surface area contributed by atoms with Gasteiger partial charge in [0.25, 0.3) is 0 Å². The SMILES string of the molecule is [CH2]c1cc(OCCCCCCCC)cc(OCCCCCCCC)c1. The van der Waals surface area contributed by atoms with E-state index in [9.17, 15) is 0 Å². The fourth-order valence-electron chi connectivity index (χ4n) is 2.94. The Hall–Kier alpha value is -1.18. The Morgan fingerprint density at radius 2 is 1.00 bits per heavy atom. The van der Waals surface area contributed by atoms with E-state index in [1.807, 2.05) is 18.2 Å². The predicted molar refractivity (Wildman–Crippen MR) is 109 cm³/mol. The highest BCUT2D eigenvalue weighted by Crippen LogP contribution is 2.23. The van der Waals surface area contributed by atoms with E-state index in [0.29, 0.717) is 0 Å². The standard InChI is InChI=1S/C23H39O2/c1-4-6-8-10-12-14-16-24-22-18-21(3)19-23(20-22)25-17-15-13-11-9-7-5-2/h18-20H,3-17H2,1-2H3. The molecule has 143 valence electrons. The minimum absolute atomic E-state index is 0.784. The summed E-state index contributed by atoms with van der Waals surface area (Å²) < 4.78 is 11.8. The van der Waals surface area contributed by atoms with Gasteiger partial charge in [0.2, 0.25) is 0 Å². The molecule has 0 unspecified atom stereocenters. The Morgan fingerprint density at radius 1 is 0.600 bits per heavy atom. The highest BCUT2D eigenvalue weighted by Gasteiger charge is 2.02. The van der Waals surface area contributed by atoms with Gasteiger partial charge in [-0.3, -0.25) is 0 Å². The van der Waals surface area contributed by atoms with Gasteiger partial charge in [-0.05, 0) is 37.5 Å². The van der Waals surface area contributed by atoms with E-state index >= 15 is 0 Å². The van der Waals surface area contributed by atoms with Crippen LogP contribution in [-0.2, 0) is 0 Å². The highest BCUT2D eigenvalue weighted by molar-refractivity contribution is 5.39. The summed E-state index contributed by atoms with van der Waals surface area (Å²) in [6.45, 7) is 10.1. The van der Waals surface area contributed by atoms with Crippen molar-refractivity contribution < 1.29 is 9.47 Å². The van der Waals surface area contributed by atoms with Crippen LogP contribution in [-0.4, -0.2) is 13.2 Å². The fourth-order valence-corrected chi connectivity index (χ4v) is 2.94. The second-order valence-corrected chi connectivity index (χ2v) is 7.05. The van der Waals surface area contributed by atoms with Gasteiger partial charge in [-0.2, -0.15) is 0 Å². The van der Waals surface area contributed by atoms with E-state index in [4.69, 9.17) is 9.47 Å². The molecule has 25 heavy (non-hydrogen) atoms. The number of ether oxygens (including phenoxy) is 2. The summed E-state index contributed by atoms with van der Waals surface area (Å²) in [5, 5.41) is 0. The second-order valence-electron chi connectivity index (χ2n) is 7.05. The van der Waals surface area contributed by atoms with E-state index in [-0.39, 0.29) is 0 Å². The van der Waals surface area contributed by atoms with Crippen molar-refractivity contribution in [1.29, 1.82) is 0 Å². The van der Waals surface area contributed by atoms with Crippen molar-refractivity contribution >= 4 is 0 Å². The van der Waals surface area contributed by atoms with Gasteiger partial charge in [0.15, 0.2) is 0 Å². The maximum Gasteiger partial charge on any atom is 0.123 e. The first-order chi connectivity index (χ1) is 12.3. The topological polar surface area (TPSA) is 18.5 Å². The fraction of sp³-hybridized carbons (Fsp3) is 0.696. The van der Waals surface area contributed by atoms with Gasteiger partial charge in [-0.15, -0.1) is 0 Å². The Morgan fingerprint density at radius 3 is 1.44 bits per heavy atom. The molecule has 2 nitrogen and oxygen atoms in total. The molecule has 0 aliphatic rings. The van der Waals surface area contributed by atoms with Gasteiger partial charge >= 0.3 is 0 Å². The summed E-state index contributed by atoms with van der Waals surface area (Å²) in [5.41, 5.74) is 0.957. The van der Waals surface area contributed by atoms with Crippen molar-refractivity contribution in [2.45, 2.75) is 90.9 Å². The minimum Gasteiger partial charge on any atom is -0.493 e. The molecular weight excluding hydrogens is 308 g/mol. The molecule has 0 bridgehead atoms. The first-order valence-corrected chi connectivity index (χ1v) is 10.5. The molecule has 0 spiro atoms. The summed E-state index contributed by atoms with van der Waals surface area (Å²) >= 11 is 0. The normalized spacial score (nSPS) is 10.8. The molecule has 0 aliphatic heterocycles. The van der Waals surface area contributed by atoms with Gasteiger partial charge in [-0.1, -0.05) is 78.1 Å². The first kappa shape index (κ1) is 21.9. The molecule has 0 saturated heterocycles. The van der Waals surface area contributed by atoms with Crippen LogP contribution in [0.25, 0.3) is 0 Å². The molecular formula is C23H39O2. The summed E-state index contributed by atoms with van der Waals surface area (Å²) in [6, 6.07) is 5.99. The summed E-state index contributed by atoms with van der Waals surface area (Å²) in [4.78, 5) is 0. The van der Waals surface area contributed by atoms with Crippen LogP contribution in [0.4, 0.5) is 0 Å². The van der Waals surface area contributed by atoms with Crippen molar-refractivity contribution in [3.8, 4) is 11.5 Å². The molecule has 0 amide bonds. The number of hydrogen-bond donors (Lipinski definition) is 0. The monoisotopic (exact) mass is 347 g/mol. The molecule has 0 atom stereocenters. The smallest absolute Gasteiger partial charge is 0.123 e. The van der Waals surface area contributed by atoms with E-state index in [1.165, 1.54) is 64.2 Å². The van der Waals surface area contributed by atoms with Gasteiger partial charge < -0.3 is 9.47 Å². The predicted octanol–water partition coefficient (Wildman–Crippen LogP) is 7.35. The molecule has 1 aromatic rings. The maximum absolute atomic E-state index is 5.89. The van der Waals surface area contributed by atoms with Crippen LogP contribution >= 0.6 is 0 Å². The van der Waals surface area contributed by atoms with Crippen LogP contribution in [0, 0.1) is 6.92 Å². The van der Waals surface area contributed by atoms with E-state index in [2.05, 4.69) is 20.8 Å². The average Bonchev–Trinajstić information content (AvgIpc) is 2.60. The quantitative estimate of drug-likeness (QED) is 0.291. The van der Waals surface area contributed by atoms with Crippen LogP contribution in [0.1, 0.15) is 96.5 Å². The second kappa shape index (κ2) is 15.1. The Labute approximate surface area is 156 Å². The van der Waals surface area contributed by atoms with Crippen molar-refractivity contribution in [3.63, 3.8) is 0 Å². The zero-order valence-corrected chi connectivity index (χ0v) is 16.7. The molecule has 0 aromatic heterocycles. The number of hydrogen-bond acceptors (Lipinski definition) is 2. The lowest BCUT2D eigenvalue weighted by Gasteiger charge is -2.11. The molecule has 1 rings (SSSR count). The Bertz CT molecular complexity index is 392. The molecule has 0 saturated carbocycles. The van der Waals surface area contributed by atoms with Gasteiger partial charge in [0.1, 0.15) is 11.5 Å². The van der Waals surface area contributed by atoms with Crippen LogP contribution in [0.15, 0.2) is 18.2 Å². The third-order valence-electron chi connectivity index (χ3n) is 4.47. The molecule has 2 heteroatoms. The lowest BCUT2D eigenvalue weighted by molar-refractivity contribution is 0.289. The average molecular weight is 348 g/mol. The van der Waals surface area contributed by atoms with Crippen molar-refractivity contribution in [2.24, 2.45) is 0 Å². The molecule has 1 aromatic carbocycles. The van der Waals surface area contributed by atoms with Gasteiger partial charge in [-0.25, -0.2) is 0 Å². The molecule has 0 heterocycles. The highest BCUT2D eigenvalue weighted by atomic mass is 16.5. The number of benzene rings is 1. The summed E-state index contributed by atoms with van der Waals surface area (Å²) in [5.74, 6) is 1.78. The largest absolute Gasteiger partial charge is 0.493 e. The van der Waals surface area contributed by atoms with Crippen LogP contribution in [0.5, 0.6) is 11.5 Å². The first-order valence-electron chi connectivity index (χ1n) is 10.5. The van der Waals surface area contributed by atoms with Gasteiger partial charge in [0, 0.05) is 6.07 Å². The Balaban J connectivity index is 2.19. The molecule has 1 radical (unpaired) electrons. The van der Waals surface area contributed by atoms with Crippen LogP contribution in [0.2, 0.25) is 0 Å². The van der Waals surface area contributed by atoms with Crippen LogP contribution < -0.4 is 9.47 Å². The number of rotatable bonds is 16. The maximum atomic E-state index is 5.89. The van der Waals surface area contributed by atoms with E-state index < -0.39 is 0 Å². The zero-order chi connectivity index (χ0) is 18.2. The third kappa shape index (κ3) is 11.9. The summed E-state index contributed by atoms with van der Waals surface area (Å²) in [7, 11) is 0. The van der Waals surface area contributed by atoms with Crippen molar-refractivity contribution in [2.75, 3.05) is 13.2 Å². The third-order valence-corrected chi connectivity index (χ3v) is 4.47. The van der Waals surface area contributed by atoms with Gasteiger partial charge in [0.05, 0.1) is 13.2 Å². The molecule has 0 aliphatic carbocycles. The summed E-state index contributed by atoms with van der Waals surface area (Å²) in [6.07, 6.45) is 15.4. The lowest BCUT2D eigenvalue weighted by Crippen LogP contribution is -2.00. The van der Waals surface area contributed by atoms with Crippen LogP contribution in [0.3, 0.4) is 0 Å². The van der Waals surface area contributed by atoms with Crippen molar-refractivity contribution in [3.05, 3.63) is 30.7 Å². The van der Waals surface area contributed by atoms with Crippen molar-refractivity contribution in [1.82, 2.24) is 0 Å². The molecule has 0 fully saturated rings. The lowest BCUT2D eigenvalue weighted by atomic mass is 10.1. The zero-order valence-electron chi connectivity index (χ0n) is 16.7. The van der Waals surface area contributed by atoms with E-state index in [0.717, 1.165) is 43.1 Å². The molecule has 0 N–H and O–H groups in total. The number of unbranched alkanes of at least 4 members (excludes halogenated alkanes) is 10. The van der Waals surface area contributed by atoms with E-state index in [1.54, 1.807) is 0 Å². The minimum atomic E-state index is 0.784.